The molecular formula is C32H42O11. The fourth-order valence-electron chi connectivity index (χ4n) is 3.66. The molecule has 0 aliphatic rings. The normalized spacial score (nSPS) is 12.0. The standard InChI is InChI=1S/C30H36O11.C2H6/c1-7-25(31)37-18-8-9-19-38-29(34)41-24-16-12-22(13-17-24)28(33)40-23-14-10-21(11-15-23)27(32)39-20(2)26(35-5)30(3,4)36-6;1-2/h7,10-17,20,26H,1,8-9,18-19H2,2-6H3;1-2H3/t20?,26-;/m1./s1. The van der Waals surface area contributed by atoms with Gasteiger partial charge in [-0.25, -0.2) is 19.2 Å². The zero-order valence-electron chi connectivity index (χ0n) is 25.9. The fourth-order valence-corrected chi connectivity index (χ4v) is 3.66. The van der Waals surface area contributed by atoms with Crippen molar-refractivity contribution in [3.63, 3.8) is 0 Å². The highest BCUT2D eigenvalue weighted by Gasteiger charge is 2.36. The van der Waals surface area contributed by atoms with Gasteiger partial charge in [-0.1, -0.05) is 20.4 Å². The molecule has 2 atom stereocenters. The van der Waals surface area contributed by atoms with Gasteiger partial charge >= 0.3 is 24.1 Å². The molecule has 11 nitrogen and oxygen atoms in total. The van der Waals surface area contributed by atoms with Crippen molar-refractivity contribution in [2.45, 2.75) is 65.3 Å². The van der Waals surface area contributed by atoms with Gasteiger partial charge in [0.25, 0.3) is 0 Å². The van der Waals surface area contributed by atoms with Crippen molar-refractivity contribution in [2.75, 3.05) is 27.4 Å². The lowest BCUT2D eigenvalue weighted by Gasteiger charge is -2.35. The van der Waals surface area contributed by atoms with Gasteiger partial charge in [0.1, 0.15) is 23.7 Å². The number of esters is 3. The van der Waals surface area contributed by atoms with E-state index in [0.717, 1.165) is 6.08 Å². The molecule has 0 radical (unpaired) electrons. The highest BCUT2D eigenvalue weighted by atomic mass is 16.7. The summed E-state index contributed by atoms with van der Waals surface area (Å²) in [6.45, 7) is 13.0. The molecule has 0 N–H and O–H groups in total. The summed E-state index contributed by atoms with van der Waals surface area (Å²) in [6, 6.07) is 11.6. The zero-order valence-corrected chi connectivity index (χ0v) is 25.9. The molecule has 0 heterocycles. The highest BCUT2D eigenvalue weighted by Crippen LogP contribution is 2.23. The van der Waals surface area contributed by atoms with Gasteiger partial charge in [-0.2, -0.15) is 0 Å². The van der Waals surface area contributed by atoms with Gasteiger partial charge in [0.2, 0.25) is 0 Å². The first-order chi connectivity index (χ1) is 20.5. The van der Waals surface area contributed by atoms with E-state index in [-0.39, 0.29) is 35.8 Å². The maximum absolute atomic E-state index is 12.6. The van der Waals surface area contributed by atoms with Crippen LogP contribution in [-0.2, 0) is 28.5 Å². The third-order valence-electron chi connectivity index (χ3n) is 5.95. The van der Waals surface area contributed by atoms with Gasteiger partial charge in [0.05, 0.1) is 29.9 Å². The fraction of sp³-hybridized carbons (Fsp3) is 0.438. The van der Waals surface area contributed by atoms with Gasteiger partial charge in [-0.15, -0.1) is 0 Å². The van der Waals surface area contributed by atoms with Gasteiger partial charge < -0.3 is 33.2 Å². The molecule has 2 aromatic carbocycles. The SMILES string of the molecule is C=CC(=O)OCCCCOC(=O)Oc1ccc(C(=O)Oc2ccc(C(=O)OC(C)[C@@H](OC)C(C)(C)OC)cc2)cc1.CC. The van der Waals surface area contributed by atoms with Gasteiger partial charge in [-0.3, -0.25) is 0 Å². The van der Waals surface area contributed by atoms with Crippen LogP contribution in [0.25, 0.3) is 0 Å². The van der Waals surface area contributed by atoms with E-state index in [2.05, 4.69) is 6.58 Å². The van der Waals surface area contributed by atoms with Crippen LogP contribution in [0.5, 0.6) is 11.5 Å². The van der Waals surface area contributed by atoms with Crippen molar-refractivity contribution in [3.05, 3.63) is 72.3 Å². The second-order valence-electron chi connectivity index (χ2n) is 9.29. The van der Waals surface area contributed by atoms with E-state index in [9.17, 15) is 19.2 Å². The number of hydrogen-bond acceptors (Lipinski definition) is 11. The second-order valence-corrected chi connectivity index (χ2v) is 9.29. The number of benzene rings is 2. The summed E-state index contributed by atoms with van der Waals surface area (Å²) in [4.78, 5) is 47.9. The molecule has 0 amide bonds. The van der Waals surface area contributed by atoms with Crippen LogP contribution in [0.4, 0.5) is 4.79 Å². The molecule has 2 rings (SSSR count). The Balaban J connectivity index is 0.00000452. The Morgan fingerprint density at radius 2 is 1.28 bits per heavy atom. The van der Waals surface area contributed by atoms with Crippen molar-refractivity contribution < 1.29 is 52.3 Å². The van der Waals surface area contributed by atoms with Crippen molar-refractivity contribution in [1.29, 1.82) is 0 Å². The number of methoxy groups -OCH3 is 2. The number of hydrogen-bond donors (Lipinski definition) is 0. The van der Waals surface area contributed by atoms with Crippen molar-refractivity contribution >= 4 is 24.1 Å². The summed E-state index contributed by atoms with van der Waals surface area (Å²) in [5.41, 5.74) is -0.194. The van der Waals surface area contributed by atoms with Crippen LogP contribution in [0.1, 0.15) is 68.2 Å². The minimum absolute atomic E-state index is 0.0874. The highest BCUT2D eigenvalue weighted by molar-refractivity contribution is 5.92. The van der Waals surface area contributed by atoms with E-state index in [0.29, 0.717) is 12.8 Å². The molecule has 0 aliphatic heterocycles. The zero-order chi connectivity index (χ0) is 32.4. The molecule has 0 bridgehead atoms. The Morgan fingerprint density at radius 3 is 1.77 bits per heavy atom. The van der Waals surface area contributed by atoms with Gasteiger partial charge in [-0.05, 0) is 82.1 Å². The quantitative estimate of drug-likeness (QED) is 0.0599. The molecule has 0 saturated carbocycles. The first-order valence-corrected chi connectivity index (χ1v) is 13.9. The summed E-state index contributed by atoms with van der Waals surface area (Å²) in [7, 11) is 3.07. The summed E-state index contributed by atoms with van der Waals surface area (Å²) in [5, 5.41) is 0. The van der Waals surface area contributed by atoms with E-state index in [1.165, 1.54) is 55.6 Å². The van der Waals surface area contributed by atoms with E-state index >= 15 is 0 Å². The van der Waals surface area contributed by atoms with Crippen LogP contribution in [0.15, 0.2) is 61.2 Å². The van der Waals surface area contributed by atoms with Gasteiger partial charge in [0, 0.05) is 20.3 Å². The summed E-state index contributed by atoms with van der Waals surface area (Å²) < 4.78 is 36.7. The molecule has 0 fully saturated rings. The lowest BCUT2D eigenvalue weighted by atomic mass is 9.97. The Bertz CT molecular complexity index is 1170. The number of ether oxygens (including phenoxy) is 7. The third kappa shape index (κ3) is 12.7. The predicted molar refractivity (Wildman–Crippen MR) is 158 cm³/mol. The summed E-state index contributed by atoms with van der Waals surface area (Å²) >= 11 is 0. The Morgan fingerprint density at radius 1 is 0.791 bits per heavy atom. The van der Waals surface area contributed by atoms with Crippen molar-refractivity contribution in [1.82, 2.24) is 0 Å². The predicted octanol–water partition coefficient (Wildman–Crippen LogP) is 5.94. The second kappa shape index (κ2) is 19.1. The van der Waals surface area contributed by atoms with E-state index in [1.807, 2.05) is 27.7 Å². The lowest BCUT2D eigenvalue weighted by Crippen LogP contribution is -2.47. The Hall–Kier alpha value is -4.22. The topological polar surface area (TPSA) is 133 Å². The van der Waals surface area contributed by atoms with Crippen molar-refractivity contribution in [3.8, 4) is 11.5 Å². The van der Waals surface area contributed by atoms with Crippen LogP contribution in [0.3, 0.4) is 0 Å². The summed E-state index contributed by atoms with van der Waals surface area (Å²) in [5.74, 6) is -1.33. The van der Waals surface area contributed by atoms with Crippen LogP contribution < -0.4 is 9.47 Å². The van der Waals surface area contributed by atoms with E-state index < -0.39 is 41.9 Å². The molecule has 0 aliphatic carbocycles. The monoisotopic (exact) mass is 602 g/mol. The average Bonchev–Trinajstić information content (AvgIpc) is 3.00. The molecule has 0 saturated heterocycles. The smallest absolute Gasteiger partial charge is 0.463 e. The van der Waals surface area contributed by atoms with E-state index in [1.54, 1.807) is 14.0 Å². The molecule has 11 heteroatoms. The minimum atomic E-state index is -0.906. The maximum atomic E-state index is 12.6. The Kier molecular flexibility index (Phi) is 16.3. The molecule has 2 aromatic rings. The molecule has 43 heavy (non-hydrogen) atoms. The number of unbranched alkanes of at least 4 members (excludes halogenated alkanes) is 1. The van der Waals surface area contributed by atoms with Crippen LogP contribution in [0, 0.1) is 0 Å². The third-order valence-corrected chi connectivity index (χ3v) is 5.95. The maximum Gasteiger partial charge on any atom is 0.513 e. The van der Waals surface area contributed by atoms with Crippen LogP contribution >= 0.6 is 0 Å². The van der Waals surface area contributed by atoms with Gasteiger partial charge in [0.15, 0.2) is 0 Å². The molecule has 236 valence electrons. The van der Waals surface area contributed by atoms with E-state index in [4.69, 9.17) is 33.2 Å². The lowest BCUT2D eigenvalue weighted by molar-refractivity contribution is -0.138. The molecule has 1 unspecified atom stereocenters. The van der Waals surface area contributed by atoms with Crippen molar-refractivity contribution in [2.24, 2.45) is 0 Å². The first kappa shape index (κ1) is 36.8. The van der Waals surface area contributed by atoms with Crippen LogP contribution in [0.2, 0.25) is 0 Å². The number of rotatable bonds is 15. The first-order valence-electron chi connectivity index (χ1n) is 13.9. The molecule has 0 aromatic heterocycles. The number of carbonyl (C=O) groups excluding carboxylic acids is 4. The number of carbonyl (C=O) groups is 4. The minimum Gasteiger partial charge on any atom is -0.463 e. The molecular weight excluding hydrogens is 560 g/mol. The summed E-state index contributed by atoms with van der Waals surface area (Å²) in [6.07, 6.45) is 0.0727. The average molecular weight is 603 g/mol. The largest absolute Gasteiger partial charge is 0.513 e. The molecule has 0 spiro atoms. The van der Waals surface area contributed by atoms with Crippen LogP contribution in [-0.4, -0.2) is 69.3 Å². The Labute approximate surface area is 253 Å².